The molecule has 1 aromatic heterocycles. The van der Waals surface area contributed by atoms with E-state index in [1.807, 2.05) is 23.2 Å². The smallest absolute Gasteiger partial charge is 0.236 e. The van der Waals surface area contributed by atoms with Crippen LogP contribution in [-0.4, -0.2) is 60.6 Å². The van der Waals surface area contributed by atoms with Crippen molar-refractivity contribution in [3.05, 3.63) is 30.1 Å². The molecule has 0 spiro atoms. The maximum absolute atomic E-state index is 12.1. The van der Waals surface area contributed by atoms with E-state index in [4.69, 9.17) is 4.74 Å². The quantitative estimate of drug-likeness (QED) is 0.787. The minimum atomic E-state index is 0.193. The van der Waals surface area contributed by atoms with Gasteiger partial charge in [0.25, 0.3) is 0 Å². The third kappa shape index (κ3) is 4.29. The molecule has 0 radical (unpaired) electrons. The molecule has 2 heterocycles. The molecule has 1 aromatic rings. The van der Waals surface area contributed by atoms with E-state index in [0.29, 0.717) is 19.7 Å². The van der Waals surface area contributed by atoms with Gasteiger partial charge in [-0.15, -0.1) is 0 Å². The molecule has 1 saturated heterocycles. The van der Waals surface area contributed by atoms with E-state index in [2.05, 4.69) is 9.88 Å². The molecule has 1 fully saturated rings. The van der Waals surface area contributed by atoms with E-state index < -0.39 is 0 Å². The Kier molecular flexibility index (Phi) is 5.30. The number of hydrogen-bond donors (Lipinski definition) is 0. The zero-order valence-corrected chi connectivity index (χ0v) is 11.4. The van der Waals surface area contributed by atoms with Gasteiger partial charge in [0.15, 0.2) is 0 Å². The second-order valence-corrected chi connectivity index (χ2v) is 4.80. The monoisotopic (exact) mass is 263 g/mol. The first kappa shape index (κ1) is 14.0. The normalized spacial score (nSPS) is 17.5. The van der Waals surface area contributed by atoms with E-state index in [0.717, 1.165) is 31.6 Å². The number of carbonyl (C=O) groups is 1. The zero-order chi connectivity index (χ0) is 13.5. The fourth-order valence-electron chi connectivity index (χ4n) is 2.30. The molecule has 0 bridgehead atoms. The van der Waals surface area contributed by atoms with Crippen LogP contribution in [0.1, 0.15) is 12.0 Å². The van der Waals surface area contributed by atoms with Crippen LogP contribution in [0.25, 0.3) is 0 Å². The van der Waals surface area contributed by atoms with Crippen molar-refractivity contribution in [1.82, 2.24) is 14.8 Å². The van der Waals surface area contributed by atoms with E-state index in [9.17, 15) is 4.79 Å². The van der Waals surface area contributed by atoms with Crippen molar-refractivity contribution >= 4 is 5.91 Å². The molecule has 1 aliphatic heterocycles. The third-order valence-electron chi connectivity index (χ3n) is 3.31. The van der Waals surface area contributed by atoms with Gasteiger partial charge in [0.1, 0.15) is 0 Å². The lowest BCUT2D eigenvalue weighted by atomic mass is 10.2. The number of hydrogen-bond acceptors (Lipinski definition) is 4. The molecular weight excluding hydrogens is 242 g/mol. The van der Waals surface area contributed by atoms with Crippen LogP contribution in [-0.2, 0) is 16.1 Å². The van der Waals surface area contributed by atoms with Gasteiger partial charge in [-0.1, -0.05) is 6.07 Å². The SMILES string of the molecule is COCCN1CCCN(Cc2cccnc2)CC1=O. The van der Waals surface area contributed by atoms with Crippen LogP contribution in [0.3, 0.4) is 0 Å². The highest BCUT2D eigenvalue weighted by Crippen LogP contribution is 2.08. The Bertz CT molecular complexity index is 397. The predicted molar refractivity (Wildman–Crippen MR) is 72.6 cm³/mol. The van der Waals surface area contributed by atoms with Crippen molar-refractivity contribution in [3.63, 3.8) is 0 Å². The summed E-state index contributed by atoms with van der Waals surface area (Å²) in [6, 6.07) is 3.98. The molecule has 19 heavy (non-hydrogen) atoms. The molecular formula is C14H21N3O2. The van der Waals surface area contributed by atoms with Gasteiger partial charge >= 0.3 is 0 Å². The Balaban J connectivity index is 1.89. The number of ether oxygens (including phenoxy) is 1. The molecule has 2 rings (SSSR count). The van der Waals surface area contributed by atoms with Gasteiger partial charge in [0.2, 0.25) is 5.91 Å². The molecule has 0 N–H and O–H groups in total. The summed E-state index contributed by atoms with van der Waals surface area (Å²) < 4.78 is 5.04. The number of pyridine rings is 1. The molecule has 0 atom stereocenters. The first-order valence-electron chi connectivity index (χ1n) is 6.67. The molecule has 5 nitrogen and oxygen atoms in total. The van der Waals surface area contributed by atoms with Gasteiger partial charge in [-0.25, -0.2) is 0 Å². The molecule has 0 unspecified atom stereocenters. The fourth-order valence-corrected chi connectivity index (χ4v) is 2.30. The summed E-state index contributed by atoms with van der Waals surface area (Å²) in [5.41, 5.74) is 1.15. The number of aromatic nitrogens is 1. The number of amides is 1. The lowest BCUT2D eigenvalue weighted by molar-refractivity contribution is -0.131. The maximum Gasteiger partial charge on any atom is 0.236 e. The summed E-state index contributed by atoms with van der Waals surface area (Å²) in [6.45, 7) is 4.34. The topological polar surface area (TPSA) is 45.7 Å². The second kappa shape index (κ2) is 7.21. The highest BCUT2D eigenvalue weighted by Gasteiger charge is 2.21. The average molecular weight is 263 g/mol. The van der Waals surface area contributed by atoms with Gasteiger partial charge in [-0.2, -0.15) is 0 Å². The summed E-state index contributed by atoms with van der Waals surface area (Å²) >= 11 is 0. The van der Waals surface area contributed by atoms with Crippen molar-refractivity contribution in [2.24, 2.45) is 0 Å². The fraction of sp³-hybridized carbons (Fsp3) is 0.571. The summed E-state index contributed by atoms with van der Waals surface area (Å²) in [6.07, 6.45) is 4.64. The maximum atomic E-state index is 12.1. The Labute approximate surface area is 114 Å². The summed E-state index contributed by atoms with van der Waals surface area (Å²) in [7, 11) is 1.66. The van der Waals surface area contributed by atoms with Crippen molar-refractivity contribution in [2.75, 3.05) is 39.9 Å². The number of rotatable bonds is 5. The van der Waals surface area contributed by atoms with Gasteiger partial charge in [-0.05, 0) is 18.1 Å². The molecule has 5 heteroatoms. The van der Waals surface area contributed by atoms with Crippen LogP contribution >= 0.6 is 0 Å². The van der Waals surface area contributed by atoms with Crippen molar-refractivity contribution in [1.29, 1.82) is 0 Å². The van der Waals surface area contributed by atoms with Crippen LogP contribution in [0.4, 0.5) is 0 Å². The molecule has 0 aromatic carbocycles. The van der Waals surface area contributed by atoms with Crippen molar-refractivity contribution in [2.45, 2.75) is 13.0 Å². The van der Waals surface area contributed by atoms with E-state index in [1.54, 1.807) is 13.3 Å². The zero-order valence-electron chi connectivity index (χ0n) is 11.4. The predicted octanol–water partition coefficient (Wildman–Crippen LogP) is 0.762. The number of methoxy groups -OCH3 is 1. The van der Waals surface area contributed by atoms with Gasteiger partial charge in [0, 0.05) is 45.7 Å². The van der Waals surface area contributed by atoms with Gasteiger partial charge in [0.05, 0.1) is 13.2 Å². The second-order valence-electron chi connectivity index (χ2n) is 4.80. The van der Waals surface area contributed by atoms with Crippen LogP contribution in [0, 0.1) is 0 Å². The van der Waals surface area contributed by atoms with Gasteiger partial charge in [-0.3, -0.25) is 14.7 Å². The first-order chi connectivity index (χ1) is 9.29. The Morgan fingerprint density at radius 1 is 1.42 bits per heavy atom. The first-order valence-corrected chi connectivity index (χ1v) is 6.67. The summed E-state index contributed by atoms with van der Waals surface area (Å²) in [5, 5.41) is 0. The average Bonchev–Trinajstić information content (AvgIpc) is 2.59. The molecule has 0 saturated carbocycles. The van der Waals surface area contributed by atoms with Crippen LogP contribution < -0.4 is 0 Å². The highest BCUT2D eigenvalue weighted by molar-refractivity contribution is 5.78. The minimum Gasteiger partial charge on any atom is -0.383 e. The van der Waals surface area contributed by atoms with Crippen LogP contribution in [0.2, 0.25) is 0 Å². The van der Waals surface area contributed by atoms with Crippen LogP contribution in [0.5, 0.6) is 0 Å². The lowest BCUT2D eigenvalue weighted by Gasteiger charge is -2.21. The van der Waals surface area contributed by atoms with Crippen molar-refractivity contribution < 1.29 is 9.53 Å². The minimum absolute atomic E-state index is 0.193. The number of carbonyl (C=O) groups excluding carboxylic acids is 1. The molecule has 0 aliphatic carbocycles. The number of nitrogens with zero attached hydrogens (tertiary/aromatic N) is 3. The highest BCUT2D eigenvalue weighted by atomic mass is 16.5. The van der Waals surface area contributed by atoms with Crippen LogP contribution in [0.15, 0.2) is 24.5 Å². The largest absolute Gasteiger partial charge is 0.383 e. The van der Waals surface area contributed by atoms with Crippen molar-refractivity contribution in [3.8, 4) is 0 Å². The van der Waals surface area contributed by atoms with E-state index in [-0.39, 0.29) is 5.91 Å². The molecule has 1 aliphatic rings. The molecule has 104 valence electrons. The standard InChI is InChI=1S/C14H21N3O2/c1-19-9-8-17-7-3-6-16(12-14(17)18)11-13-4-2-5-15-10-13/h2,4-5,10H,3,6-9,11-12H2,1H3. The lowest BCUT2D eigenvalue weighted by Crippen LogP contribution is -2.38. The summed E-state index contributed by atoms with van der Waals surface area (Å²) in [5.74, 6) is 0.193. The van der Waals surface area contributed by atoms with E-state index in [1.165, 1.54) is 0 Å². The Morgan fingerprint density at radius 3 is 3.05 bits per heavy atom. The third-order valence-corrected chi connectivity index (χ3v) is 3.31. The van der Waals surface area contributed by atoms with E-state index >= 15 is 0 Å². The summed E-state index contributed by atoms with van der Waals surface area (Å²) in [4.78, 5) is 20.3. The Morgan fingerprint density at radius 2 is 2.32 bits per heavy atom. The van der Waals surface area contributed by atoms with Gasteiger partial charge < -0.3 is 9.64 Å². The Hall–Kier alpha value is -1.46. The molecule has 1 amide bonds.